The molecule has 1 N–H and O–H groups in total. The first-order valence-corrected chi connectivity index (χ1v) is 2.34. The Kier molecular flexibility index (Phi) is 15.1. The molecule has 1 nitrogen and oxygen atoms in total. The molecule has 0 heterocycles. The molecule has 6 heteroatoms. The van der Waals surface area contributed by atoms with Gasteiger partial charge >= 0.3 is 55.1 Å². The summed E-state index contributed by atoms with van der Waals surface area (Å²) in [6, 6.07) is 0. The van der Waals surface area contributed by atoms with Crippen molar-refractivity contribution in [3.63, 3.8) is 0 Å². The average molecular weight is 266 g/mol. The van der Waals surface area contributed by atoms with Gasteiger partial charge in [-0.15, -0.1) is 0 Å². The van der Waals surface area contributed by atoms with Crippen LogP contribution in [-0.4, -0.2) is 9.22 Å². The van der Waals surface area contributed by atoms with E-state index in [1.807, 2.05) is 31.9 Å². The minimum atomic E-state index is -2.88. The van der Waals surface area contributed by atoms with Crippen LogP contribution in [0.15, 0.2) is 0 Å². The van der Waals surface area contributed by atoms with Crippen molar-refractivity contribution >= 4 is 31.9 Å². The smallest absolute Gasteiger partial charge is 0.870 e. The molecule has 0 aliphatic rings. The van der Waals surface area contributed by atoms with Gasteiger partial charge in [0.1, 0.15) is 0 Å². The van der Waals surface area contributed by atoms with Gasteiger partial charge < -0.3 is 5.48 Å². The first kappa shape index (κ1) is 16.2. The third-order valence-corrected chi connectivity index (χ3v) is 0. The second-order valence-corrected chi connectivity index (χ2v) is 3.48. The third kappa shape index (κ3) is 59.3. The van der Waals surface area contributed by atoms with Crippen LogP contribution >= 0.6 is 31.9 Å². The van der Waals surface area contributed by atoms with Gasteiger partial charge in [-0.05, 0) is 0 Å². The van der Waals surface area contributed by atoms with Crippen molar-refractivity contribution in [3.05, 3.63) is 0 Å². The van der Waals surface area contributed by atoms with Crippen LogP contribution in [0.4, 0.5) is 8.78 Å². The van der Waals surface area contributed by atoms with Crippen molar-refractivity contribution in [1.82, 2.24) is 0 Å². The van der Waals surface area contributed by atoms with E-state index < -0.39 is 3.74 Å². The van der Waals surface area contributed by atoms with E-state index in [1.165, 1.54) is 0 Å². The van der Waals surface area contributed by atoms with Crippen LogP contribution in [0.3, 0.4) is 0 Å². The van der Waals surface area contributed by atoms with Crippen LogP contribution in [-0.2, 0) is 0 Å². The van der Waals surface area contributed by atoms with Crippen molar-refractivity contribution < 1.29 is 65.6 Å². The van der Waals surface area contributed by atoms with E-state index in [0.717, 1.165) is 0 Å². The molecule has 0 amide bonds. The minimum Gasteiger partial charge on any atom is -0.870 e. The molecule has 0 spiro atoms. The van der Waals surface area contributed by atoms with Crippen molar-refractivity contribution in [2.75, 3.05) is 0 Å². The predicted octanol–water partition coefficient (Wildman–Crippen LogP) is -0.846. The van der Waals surface area contributed by atoms with Crippen molar-refractivity contribution in [1.29, 1.82) is 0 Å². The first-order chi connectivity index (χ1) is 2.00. The van der Waals surface area contributed by atoms with Crippen LogP contribution in [0.25, 0.3) is 0 Å². The molecule has 0 atom stereocenters. The van der Waals surface area contributed by atoms with Crippen molar-refractivity contribution in [2.24, 2.45) is 0 Å². The molecular formula is CHBr2F2KO. The molecule has 0 aromatic heterocycles. The summed E-state index contributed by atoms with van der Waals surface area (Å²) in [6.45, 7) is 0. The molecule has 7 heavy (non-hydrogen) atoms. The van der Waals surface area contributed by atoms with Crippen molar-refractivity contribution in [2.45, 2.75) is 3.74 Å². The van der Waals surface area contributed by atoms with Crippen LogP contribution in [0.5, 0.6) is 0 Å². The molecule has 0 fully saturated rings. The molecule has 0 bridgehead atoms. The Bertz CT molecular complexity index is 31.2. The molecule has 0 radical (unpaired) electrons. The summed E-state index contributed by atoms with van der Waals surface area (Å²) in [5, 5.41) is 0. The standard InChI is InChI=1S/CBr2F2.K.H2O/c2-1(3,4)5;;/h;;1H2/q;+1;/p-1. The minimum absolute atomic E-state index is 0. The zero-order chi connectivity index (χ0) is 4.50. The SMILES string of the molecule is FC(F)(Br)Br.[K+].[OH-]. The molecule has 0 saturated carbocycles. The molecule has 0 rings (SSSR count). The van der Waals surface area contributed by atoms with Gasteiger partial charge in [-0.3, -0.25) is 0 Å². The van der Waals surface area contributed by atoms with Gasteiger partial charge in [-0.25, -0.2) is 0 Å². The maximum Gasteiger partial charge on any atom is 1.00 e. The van der Waals surface area contributed by atoms with Gasteiger partial charge in [-0.2, -0.15) is 8.78 Å². The largest absolute Gasteiger partial charge is 1.00 e. The fourth-order valence-electron chi connectivity index (χ4n) is 0. The molecule has 0 aromatic rings. The first-order valence-electron chi connectivity index (χ1n) is 0.756. The van der Waals surface area contributed by atoms with E-state index in [4.69, 9.17) is 0 Å². The van der Waals surface area contributed by atoms with Crippen LogP contribution in [0, 0.1) is 0 Å². The average Bonchev–Trinajstić information content (AvgIpc) is 0.722. The van der Waals surface area contributed by atoms with Gasteiger partial charge in [0.2, 0.25) is 0 Å². The van der Waals surface area contributed by atoms with Gasteiger partial charge in [0.25, 0.3) is 0 Å². The number of halogens is 4. The van der Waals surface area contributed by atoms with Gasteiger partial charge in [0.05, 0.1) is 0 Å². The van der Waals surface area contributed by atoms with Gasteiger partial charge in [0.15, 0.2) is 0 Å². The fourth-order valence-corrected chi connectivity index (χ4v) is 0. The number of rotatable bonds is 0. The normalized spacial score (nSPS) is 8.57. The second-order valence-electron chi connectivity index (χ2n) is 0.429. The summed E-state index contributed by atoms with van der Waals surface area (Å²) in [5.74, 6) is 0. The fraction of sp³-hybridized carbons (Fsp3) is 1.00. The van der Waals surface area contributed by atoms with E-state index >= 15 is 0 Å². The van der Waals surface area contributed by atoms with Gasteiger partial charge in [0, 0.05) is 31.9 Å². The van der Waals surface area contributed by atoms with E-state index in [2.05, 4.69) is 0 Å². The summed E-state index contributed by atoms with van der Waals surface area (Å²) in [4.78, 5) is 0. The molecule has 0 aromatic carbocycles. The van der Waals surface area contributed by atoms with Crippen LogP contribution < -0.4 is 51.4 Å². The Morgan fingerprint density at radius 1 is 1.14 bits per heavy atom. The Hall–Kier alpha value is 2.42. The Labute approximate surface area is 99.2 Å². The van der Waals surface area contributed by atoms with Crippen LogP contribution in [0.1, 0.15) is 0 Å². The second kappa shape index (κ2) is 6.54. The summed E-state index contributed by atoms with van der Waals surface area (Å²) in [5.41, 5.74) is 0. The summed E-state index contributed by atoms with van der Waals surface area (Å²) in [6.07, 6.45) is 0. The van der Waals surface area contributed by atoms with E-state index in [1.54, 1.807) is 0 Å². The third-order valence-electron chi connectivity index (χ3n) is 0. The topological polar surface area (TPSA) is 30.0 Å². The molecule has 0 saturated heterocycles. The number of alkyl halides is 4. The number of hydrogen-bond acceptors (Lipinski definition) is 1. The molecule has 0 unspecified atom stereocenters. The van der Waals surface area contributed by atoms with E-state index in [-0.39, 0.29) is 56.9 Å². The van der Waals surface area contributed by atoms with Gasteiger partial charge in [-0.1, -0.05) is 0 Å². The predicted molar refractivity (Wildman–Crippen MR) is 24.7 cm³/mol. The maximum atomic E-state index is 10.9. The maximum absolute atomic E-state index is 10.9. The molecule has 0 aliphatic carbocycles. The quantitative estimate of drug-likeness (QED) is 0.415. The van der Waals surface area contributed by atoms with E-state index in [0.29, 0.717) is 0 Å². The summed E-state index contributed by atoms with van der Waals surface area (Å²) in [7, 11) is 0. The van der Waals surface area contributed by atoms with Crippen molar-refractivity contribution in [3.8, 4) is 0 Å². The molecule has 0 aliphatic heterocycles. The zero-order valence-electron chi connectivity index (χ0n) is 3.46. The summed E-state index contributed by atoms with van der Waals surface area (Å²) >= 11 is 3.92. The van der Waals surface area contributed by atoms with E-state index in [9.17, 15) is 8.78 Å². The monoisotopic (exact) mass is 264 g/mol. The molecule has 40 valence electrons. The zero-order valence-corrected chi connectivity index (χ0v) is 9.75. The Morgan fingerprint density at radius 2 is 1.14 bits per heavy atom. The number of hydrogen-bond donors (Lipinski definition) is 0. The Morgan fingerprint density at radius 3 is 1.14 bits per heavy atom. The summed E-state index contributed by atoms with van der Waals surface area (Å²) < 4.78 is 18.8. The Balaban J connectivity index is -0.0000000800. The van der Waals surface area contributed by atoms with Crippen LogP contribution in [0.2, 0.25) is 0 Å². The molecular weight excluding hydrogens is 265 g/mol.